The molecule has 0 bridgehead atoms. The molecule has 0 spiro atoms. The number of likely N-dealkylation sites (N-methyl/N-ethyl adjacent to an activating group) is 1. The third-order valence-corrected chi connectivity index (χ3v) is 4.12. The number of unbranched alkanes of at least 4 members (excludes halogenated alkanes) is 1. The van der Waals surface area contributed by atoms with Crippen LogP contribution in [0.2, 0.25) is 0 Å². The minimum absolute atomic E-state index is 0. The lowest BCUT2D eigenvalue weighted by Gasteiger charge is -2.48. The Balaban J connectivity index is 0.00000441. The number of quaternary nitrogens is 1. The molecular formula is C16H33N3O3. The van der Waals surface area contributed by atoms with Crippen molar-refractivity contribution >= 4 is 11.7 Å². The van der Waals surface area contributed by atoms with Crippen LogP contribution in [0, 0.1) is 7.43 Å². The number of amides is 1. The van der Waals surface area contributed by atoms with Gasteiger partial charge in [0.05, 0.1) is 19.6 Å². The molecule has 0 aromatic rings. The van der Waals surface area contributed by atoms with Gasteiger partial charge in [0.15, 0.2) is 6.10 Å². The standard InChI is InChI=1S/C15H29N3O3.CH3/c1-13(19)5-3-4-6-15(21)17-8-10-18(9-7-16-2)11-14(20)12-18;/h14,16,20H,3-12H2,1-2H3;1H3/q;-1/p+1. The number of ketones is 1. The van der Waals surface area contributed by atoms with Crippen LogP contribution in [0.3, 0.4) is 0 Å². The molecule has 0 saturated carbocycles. The largest absolute Gasteiger partial charge is 0.382 e. The first kappa shape index (κ1) is 21.0. The summed E-state index contributed by atoms with van der Waals surface area (Å²) in [6, 6.07) is 0. The Kier molecular flexibility index (Phi) is 10.2. The van der Waals surface area contributed by atoms with Gasteiger partial charge in [-0.1, -0.05) is 0 Å². The number of carbonyl (C=O) groups is 2. The van der Waals surface area contributed by atoms with Crippen LogP contribution in [0.5, 0.6) is 0 Å². The van der Waals surface area contributed by atoms with Crippen molar-refractivity contribution in [2.24, 2.45) is 0 Å². The van der Waals surface area contributed by atoms with E-state index in [1.807, 2.05) is 7.05 Å². The lowest BCUT2D eigenvalue weighted by atomic mass is 10.1. The molecule has 0 aromatic carbocycles. The molecule has 1 heterocycles. The number of likely N-dealkylation sites (tertiary alicyclic amines) is 1. The average molecular weight is 315 g/mol. The number of aliphatic hydroxyl groups excluding tert-OH is 1. The fourth-order valence-corrected chi connectivity index (χ4v) is 2.85. The van der Waals surface area contributed by atoms with E-state index >= 15 is 0 Å². The predicted octanol–water partition coefficient (Wildman–Crippen LogP) is 0.113. The molecule has 6 nitrogen and oxygen atoms in total. The summed E-state index contributed by atoms with van der Waals surface area (Å²) in [6.45, 7) is 6.59. The second kappa shape index (κ2) is 10.7. The molecule has 0 atom stereocenters. The number of nitrogens with one attached hydrogen (secondary N) is 2. The highest BCUT2D eigenvalue weighted by Gasteiger charge is 2.41. The van der Waals surface area contributed by atoms with Gasteiger partial charge in [0.1, 0.15) is 18.9 Å². The maximum Gasteiger partial charge on any atom is 0.220 e. The fourth-order valence-electron chi connectivity index (χ4n) is 2.85. The number of rotatable bonds is 11. The summed E-state index contributed by atoms with van der Waals surface area (Å²) in [5.41, 5.74) is 0. The highest BCUT2D eigenvalue weighted by Crippen LogP contribution is 2.19. The Morgan fingerprint density at radius 2 is 1.73 bits per heavy atom. The molecule has 1 aliphatic heterocycles. The van der Waals surface area contributed by atoms with Crippen LogP contribution in [0.15, 0.2) is 0 Å². The Bertz CT molecular complexity index is 342. The van der Waals surface area contributed by atoms with E-state index in [2.05, 4.69) is 10.6 Å². The van der Waals surface area contributed by atoms with Gasteiger partial charge in [0, 0.05) is 19.4 Å². The Morgan fingerprint density at radius 3 is 2.27 bits per heavy atom. The van der Waals surface area contributed by atoms with Crippen molar-refractivity contribution in [3.63, 3.8) is 0 Å². The van der Waals surface area contributed by atoms with E-state index in [-0.39, 0.29) is 25.2 Å². The van der Waals surface area contributed by atoms with Crippen LogP contribution in [-0.4, -0.2) is 73.7 Å². The van der Waals surface area contributed by atoms with E-state index in [4.69, 9.17) is 0 Å². The second-order valence-electron chi connectivity index (χ2n) is 6.17. The summed E-state index contributed by atoms with van der Waals surface area (Å²) in [7, 11) is 1.93. The van der Waals surface area contributed by atoms with Crippen molar-refractivity contribution in [2.75, 3.05) is 46.3 Å². The van der Waals surface area contributed by atoms with Gasteiger partial charge in [-0.2, -0.15) is 0 Å². The molecule has 1 amide bonds. The lowest BCUT2D eigenvalue weighted by Crippen LogP contribution is -2.69. The van der Waals surface area contributed by atoms with E-state index in [0.29, 0.717) is 19.4 Å². The zero-order chi connectivity index (χ0) is 15.7. The molecular weight excluding hydrogens is 282 g/mol. The Labute approximate surface area is 134 Å². The number of hydrogen-bond donors (Lipinski definition) is 3. The van der Waals surface area contributed by atoms with Crippen LogP contribution in [0.25, 0.3) is 0 Å². The molecule has 3 N–H and O–H groups in total. The molecule has 0 aromatic heterocycles. The average Bonchev–Trinajstić information content (AvgIpc) is 2.39. The predicted molar refractivity (Wildman–Crippen MR) is 88.2 cm³/mol. The van der Waals surface area contributed by atoms with Gasteiger partial charge in [0.2, 0.25) is 5.91 Å². The molecule has 1 saturated heterocycles. The van der Waals surface area contributed by atoms with Gasteiger partial charge < -0.3 is 32.4 Å². The van der Waals surface area contributed by atoms with E-state index < -0.39 is 0 Å². The van der Waals surface area contributed by atoms with Gasteiger partial charge in [-0.05, 0) is 26.8 Å². The summed E-state index contributed by atoms with van der Waals surface area (Å²) in [4.78, 5) is 22.5. The molecule has 1 aliphatic rings. The van der Waals surface area contributed by atoms with E-state index in [1.165, 1.54) is 0 Å². The molecule has 0 aliphatic carbocycles. The van der Waals surface area contributed by atoms with E-state index in [0.717, 1.165) is 50.0 Å². The number of aliphatic hydroxyl groups is 1. The SMILES string of the molecule is CNCC[N+]1(CCNC(=O)CCCCC(C)=O)CC(O)C1.[CH3-]. The van der Waals surface area contributed by atoms with Crippen LogP contribution < -0.4 is 10.6 Å². The summed E-state index contributed by atoms with van der Waals surface area (Å²) in [5, 5.41) is 15.6. The third kappa shape index (κ3) is 7.87. The topological polar surface area (TPSA) is 78.4 Å². The van der Waals surface area contributed by atoms with Crippen molar-refractivity contribution in [1.82, 2.24) is 10.6 Å². The third-order valence-electron chi connectivity index (χ3n) is 4.12. The van der Waals surface area contributed by atoms with Gasteiger partial charge in [-0.3, -0.25) is 4.79 Å². The molecule has 0 radical (unpaired) electrons. The van der Waals surface area contributed by atoms with Crippen molar-refractivity contribution in [3.8, 4) is 0 Å². The summed E-state index contributed by atoms with van der Waals surface area (Å²) < 4.78 is 0.882. The maximum atomic E-state index is 11.7. The van der Waals surface area contributed by atoms with E-state index in [9.17, 15) is 14.7 Å². The van der Waals surface area contributed by atoms with Gasteiger partial charge in [-0.15, -0.1) is 0 Å². The molecule has 22 heavy (non-hydrogen) atoms. The fraction of sp³-hybridized carbons (Fsp3) is 0.812. The molecule has 6 heteroatoms. The minimum Gasteiger partial charge on any atom is -0.382 e. The smallest absolute Gasteiger partial charge is 0.220 e. The van der Waals surface area contributed by atoms with Gasteiger partial charge in [0.25, 0.3) is 0 Å². The number of carbonyl (C=O) groups excluding carboxylic acids is 2. The van der Waals surface area contributed by atoms with Crippen molar-refractivity contribution in [3.05, 3.63) is 7.43 Å². The molecule has 1 rings (SSSR count). The second-order valence-corrected chi connectivity index (χ2v) is 6.17. The first-order valence-electron chi connectivity index (χ1n) is 7.91. The van der Waals surface area contributed by atoms with Crippen molar-refractivity contribution in [1.29, 1.82) is 0 Å². The van der Waals surface area contributed by atoms with Crippen molar-refractivity contribution in [2.45, 2.75) is 38.7 Å². The monoisotopic (exact) mass is 315 g/mol. The first-order valence-corrected chi connectivity index (χ1v) is 7.91. The number of Topliss-reactive ketones (excluding diaryl/α,β-unsaturated/α-hetero) is 1. The number of hydrogen-bond acceptors (Lipinski definition) is 4. The van der Waals surface area contributed by atoms with Gasteiger partial charge in [-0.25, -0.2) is 0 Å². The Morgan fingerprint density at radius 1 is 1.14 bits per heavy atom. The van der Waals surface area contributed by atoms with Crippen LogP contribution >= 0.6 is 0 Å². The van der Waals surface area contributed by atoms with Crippen LogP contribution in [0.1, 0.15) is 32.6 Å². The summed E-state index contributed by atoms with van der Waals surface area (Å²) >= 11 is 0. The summed E-state index contributed by atoms with van der Waals surface area (Å²) in [5.74, 6) is 0.245. The lowest BCUT2D eigenvalue weighted by molar-refractivity contribution is -0.970. The normalized spacial score (nSPS) is 23.3. The van der Waals surface area contributed by atoms with Gasteiger partial charge >= 0.3 is 0 Å². The quantitative estimate of drug-likeness (QED) is 0.287. The van der Waals surface area contributed by atoms with E-state index in [1.54, 1.807) is 6.92 Å². The van der Waals surface area contributed by atoms with Crippen LogP contribution in [0.4, 0.5) is 0 Å². The molecule has 0 unspecified atom stereocenters. The van der Waals surface area contributed by atoms with Crippen molar-refractivity contribution < 1.29 is 19.2 Å². The zero-order valence-corrected chi connectivity index (χ0v) is 14.4. The van der Waals surface area contributed by atoms with Crippen LogP contribution in [-0.2, 0) is 9.59 Å². The number of nitrogens with zero attached hydrogens (tertiary/aromatic N) is 1. The maximum absolute atomic E-state index is 11.7. The highest BCUT2D eigenvalue weighted by atomic mass is 16.3. The minimum atomic E-state index is -0.191. The Hall–Kier alpha value is -0.980. The first-order chi connectivity index (χ1) is 9.97. The molecule has 1 fully saturated rings. The summed E-state index contributed by atoms with van der Waals surface area (Å²) in [6.07, 6.45) is 2.42. The highest BCUT2D eigenvalue weighted by molar-refractivity contribution is 5.76. The zero-order valence-electron chi connectivity index (χ0n) is 14.4. The molecule has 130 valence electrons.